The van der Waals surface area contributed by atoms with Gasteiger partial charge in [-0.15, -0.1) is 0 Å². The standard InChI is InChI=1S/C24H26N2O4S/c1-24(2,3)30-23(27)25-13-12-19-15-22(11-9-20(19)16-25)26(31(28)29)21-10-8-17-6-4-5-7-18(17)14-21/h4-11,14-15H,12-13,16H2,1-3H3,(H,28,29). The zero-order valence-corrected chi connectivity index (χ0v) is 18.7. The molecule has 0 saturated carbocycles. The fraction of sp³-hybridized carbons (Fsp3) is 0.292. The third-order valence-electron chi connectivity index (χ3n) is 5.21. The molecule has 1 aliphatic heterocycles. The Morgan fingerprint density at radius 2 is 1.68 bits per heavy atom. The second kappa shape index (κ2) is 8.32. The third kappa shape index (κ3) is 4.73. The lowest BCUT2D eigenvalue weighted by Gasteiger charge is -2.32. The molecule has 1 heterocycles. The average Bonchev–Trinajstić information content (AvgIpc) is 2.72. The molecule has 0 aliphatic carbocycles. The van der Waals surface area contributed by atoms with E-state index in [1.807, 2.05) is 81.4 Å². The summed E-state index contributed by atoms with van der Waals surface area (Å²) in [6.07, 6.45) is 0.336. The Kier molecular flexibility index (Phi) is 5.73. The highest BCUT2D eigenvalue weighted by Gasteiger charge is 2.26. The highest BCUT2D eigenvalue weighted by molar-refractivity contribution is 7.81. The van der Waals surface area contributed by atoms with E-state index < -0.39 is 16.9 Å². The zero-order valence-electron chi connectivity index (χ0n) is 17.9. The molecule has 0 saturated heterocycles. The van der Waals surface area contributed by atoms with E-state index in [1.165, 1.54) is 4.31 Å². The summed E-state index contributed by atoms with van der Waals surface area (Å²) in [5, 5.41) is 2.07. The smallest absolute Gasteiger partial charge is 0.410 e. The van der Waals surface area contributed by atoms with E-state index >= 15 is 0 Å². The number of carbonyl (C=O) groups excluding carboxylic acids is 1. The summed E-state index contributed by atoms with van der Waals surface area (Å²) < 4.78 is 29.2. The lowest BCUT2D eigenvalue weighted by Crippen LogP contribution is -2.39. The molecule has 7 heteroatoms. The van der Waals surface area contributed by atoms with Crippen molar-refractivity contribution in [1.82, 2.24) is 4.90 Å². The van der Waals surface area contributed by atoms with Crippen molar-refractivity contribution in [1.29, 1.82) is 0 Å². The Bertz CT molecular complexity index is 1160. The third-order valence-corrected chi connectivity index (χ3v) is 5.95. The minimum Gasteiger partial charge on any atom is -0.444 e. The van der Waals surface area contributed by atoms with Gasteiger partial charge in [0.1, 0.15) is 5.60 Å². The average molecular weight is 439 g/mol. The predicted octanol–water partition coefficient (Wildman–Crippen LogP) is 5.41. The molecule has 1 aliphatic rings. The van der Waals surface area contributed by atoms with Gasteiger partial charge >= 0.3 is 6.09 Å². The first-order valence-electron chi connectivity index (χ1n) is 10.2. The minimum absolute atomic E-state index is 0.323. The number of amides is 1. The predicted molar refractivity (Wildman–Crippen MR) is 124 cm³/mol. The van der Waals surface area contributed by atoms with Gasteiger partial charge in [-0.1, -0.05) is 36.4 Å². The van der Waals surface area contributed by atoms with E-state index in [2.05, 4.69) is 0 Å². The van der Waals surface area contributed by atoms with Crippen LogP contribution in [0.1, 0.15) is 31.9 Å². The van der Waals surface area contributed by atoms with Crippen LogP contribution in [0.25, 0.3) is 10.8 Å². The number of hydrogen-bond donors (Lipinski definition) is 1. The maximum atomic E-state index is 12.4. The Labute approximate surface area is 184 Å². The van der Waals surface area contributed by atoms with Crippen molar-refractivity contribution in [3.05, 3.63) is 71.8 Å². The van der Waals surface area contributed by atoms with E-state index in [0.29, 0.717) is 30.9 Å². The molecule has 1 unspecified atom stereocenters. The molecule has 1 atom stereocenters. The molecule has 6 nitrogen and oxygen atoms in total. The van der Waals surface area contributed by atoms with Crippen LogP contribution < -0.4 is 4.31 Å². The quantitative estimate of drug-likeness (QED) is 0.555. The lowest BCUT2D eigenvalue weighted by atomic mass is 9.99. The summed E-state index contributed by atoms with van der Waals surface area (Å²) in [7, 11) is 0. The van der Waals surface area contributed by atoms with Crippen molar-refractivity contribution < 1.29 is 18.3 Å². The molecule has 3 aromatic rings. The van der Waals surface area contributed by atoms with Gasteiger partial charge < -0.3 is 9.64 Å². The van der Waals surface area contributed by atoms with Crippen LogP contribution in [0.15, 0.2) is 60.7 Å². The number of fused-ring (bicyclic) bond motifs is 2. The number of carbonyl (C=O) groups is 1. The second-order valence-electron chi connectivity index (χ2n) is 8.66. The first-order chi connectivity index (χ1) is 14.7. The number of benzene rings is 3. The SMILES string of the molecule is CC(C)(C)OC(=O)N1CCc2cc(N(c3ccc4ccccc4c3)S(=O)O)ccc2C1. The molecular weight excluding hydrogens is 412 g/mol. The zero-order chi connectivity index (χ0) is 22.2. The lowest BCUT2D eigenvalue weighted by molar-refractivity contribution is 0.0224. The van der Waals surface area contributed by atoms with Gasteiger partial charge in [0.15, 0.2) is 0 Å². The van der Waals surface area contributed by atoms with Crippen molar-refractivity contribution in [3.8, 4) is 0 Å². The van der Waals surface area contributed by atoms with Gasteiger partial charge in [-0.3, -0.25) is 4.55 Å². The van der Waals surface area contributed by atoms with Crippen molar-refractivity contribution >= 4 is 39.5 Å². The van der Waals surface area contributed by atoms with Crippen molar-refractivity contribution in [2.24, 2.45) is 0 Å². The van der Waals surface area contributed by atoms with E-state index in [1.54, 1.807) is 4.90 Å². The summed E-state index contributed by atoms with van der Waals surface area (Å²) in [5.74, 6) is 0. The van der Waals surface area contributed by atoms with Crippen molar-refractivity contribution in [3.63, 3.8) is 0 Å². The van der Waals surface area contributed by atoms with Crippen LogP contribution >= 0.6 is 0 Å². The molecular formula is C24H26N2O4S. The van der Waals surface area contributed by atoms with E-state index in [9.17, 15) is 13.6 Å². The second-order valence-corrected chi connectivity index (χ2v) is 9.49. The fourth-order valence-corrected chi connectivity index (χ4v) is 4.37. The van der Waals surface area contributed by atoms with Crippen LogP contribution in [0.4, 0.5) is 16.2 Å². The largest absolute Gasteiger partial charge is 0.444 e. The molecule has 3 aromatic carbocycles. The molecule has 0 bridgehead atoms. The number of nitrogens with zero attached hydrogens (tertiary/aromatic N) is 2. The molecule has 4 rings (SSSR count). The van der Waals surface area contributed by atoms with Crippen LogP contribution in [-0.2, 0) is 29.0 Å². The van der Waals surface area contributed by atoms with Gasteiger partial charge in [-0.25, -0.2) is 13.3 Å². The van der Waals surface area contributed by atoms with Gasteiger partial charge in [0, 0.05) is 13.1 Å². The first-order valence-corrected chi connectivity index (χ1v) is 11.3. The first kappa shape index (κ1) is 21.3. The molecule has 1 amide bonds. The van der Waals surface area contributed by atoms with Crippen molar-refractivity contribution in [2.45, 2.75) is 39.3 Å². The molecule has 0 aromatic heterocycles. The Balaban J connectivity index is 1.61. The molecule has 0 radical (unpaired) electrons. The summed E-state index contributed by atoms with van der Waals surface area (Å²) in [6, 6.07) is 19.3. The topological polar surface area (TPSA) is 70.1 Å². The van der Waals surface area contributed by atoms with Gasteiger partial charge in [-0.05, 0) is 73.4 Å². The fourth-order valence-electron chi connectivity index (χ4n) is 3.78. The highest BCUT2D eigenvalue weighted by atomic mass is 32.2. The van der Waals surface area contributed by atoms with Crippen molar-refractivity contribution in [2.75, 3.05) is 10.8 Å². The number of anilines is 2. The molecule has 0 fully saturated rings. The summed E-state index contributed by atoms with van der Waals surface area (Å²) >= 11 is -2.23. The Morgan fingerprint density at radius 1 is 1.00 bits per heavy atom. The highest BCUT2D eigenvalue weighted by Crippen LogP contribution is 2.32. The Morgan fingerprint density at radius 3 is 2.39 bits per heavy atom. The van der Waals surface area contributed by atoms with E-state index in [4.69, 9.17) is 4.74 Å². The van der Waals surface area contributed by atoms with Gasteiger partial charge in [-0.2, -0.15) is 0 Å². The van der Waals surface area contributed by atoms with Crippen LogP contribution in [0.5, 0.6) is 0 Å². The van der Waals surface area contributed by atoms with Gasteiger partial charge in [0.2, 0.25) is 0 Å². The summed E-state index contributed by atoms with van der Waals surface area (Å²) in [4.78, 5) is 14.1. The maximum absolute atomic E-state index is 12.4. The minimum atomic E-state index is -2.23. The Hall–Kier alpha value is -2.90. The molecule has 0 spiro atoms. The molecule has 162 valence electrons. The monoisotopic (exact) mass is 438 g/mol. The summed E-state index contributed by atoms with van der Waals surface area (Å²) in [6.45, 7) is 6.56. The molecule has 31 heavy (non-hydrogen) atoms. The van der Waals surface area contributed by atoms with Crippen LogP contribution in [-0.4, -0.2) is 31.9 Å². The van der Waals surface area contributed by atoms with Crippen LogP contribution in [0.2, 0.25) is 0 Å². The molecule has 1 N–H and O–H groups in total. The van der Waals surface area contributed by atoms with E-state index in [-0.39, 0.29) is 6.09 Å². The van der Waals surface area contributed by atoms with Crippen LogP contribution in [0.3, 0.4) is 0 Å². The number of rotatable bonds is 3. The van der Waals surface area contributed by atoms with E-state index in [0.717, 1.165) is 21.9 Å². The van der Waals surface area contributed by atoms with Crippen LogP contribution in [0, 0.1) is 0 Å². The summed E-state index contributed by atoms with van der Waals surface area (Å²) in [5.41, 5.74) is 2.83. The number of hydrogen-bond acceptors (Lipinski definition) is 3. The normalized spacial score (nSPS) is 14.8. The number of ether oxygens (including phenoxy) is 1. The van der Waals surface area contributed by atoms with Gasteiger partial charge in [0.25, 0.3) is 11.3 Å². The maximum Gasteiger partial charge on any atom is 0.410 e. The van der Waals surface area contributed by atoms with Gasteiger partial charge in [0.05, 0.1) is 11.4 Å².